The first-order valence-electron chi connectivity index (χ1n) is 11.1. The van der Waals surface area contributed by atoms with Crippen LogP contribution in [-0.2, 0) is 0 Å². The van der Waals surface area contributed by atoms with Crippen LogP contribution in [0.1, 0.15) is 102 Å². The third-order valence-corrected chi connectivity index (χ3v) is 6.90. The van der Waals surface area contributed by atoms with Gasteiger partial charge in [-0.15, -0.1) is 0 Å². The number of benzene rings is 1. The van der Waals surface area contributed by atoms with E-state index in [-0.39, 0.29) is 5.56 Å². The van der Waals surface area contributed by atoms with Gasteiger partial charge in [-0.3, -0.25) is 0 Å². The lowest BCUT2D eigenvalue weighted by molar-refractivity contribution is 0.307. The molecule has 3 rings (SSSR count). The molecule has 0 amide bonds. The van der Waals surface area contributed by atoms with E-state index in [1.54, 1.807) is 12.1 Å². The quantitative estimate of drug-likeness (QED) is 0.477. The second-order valence-corrected chi connectivity index (χ2v) is 8.76. The average molecular weight is 373 g/mol. The summed E-state index contributed by atoms with van der Waals surface area (Å²) in [5, 5.41) is 0. The maximum Gasteiger partial charge on any atom is 0.142 e. The highest BCUT2D eigenvalue weighted by Crippen LogP contribution is 2.38. The zero-order valence-corrected chi connectivity index (χ0v) is 17.0. The van der Waals surface area contributed by atoms with Gasteiger partial charge in [0.25, 0.3) is 0 Å². The first-order valence-corrected chi connectivity index (χ1v) is 11.1. The van der Waals surface area contributed by atoms with Crippen molar-refractivity contribution in [2.24, 2.45) is 17.8 Å². The first-order chi connectivity index (χ1) is 13.1. The Labute approximate surface area is 164 Å². The van der Waals surface area contributed by atoms with Gasteiger partial charge in [-0.25, -0.2) is 8.78 Å². The fraction of sp³-hybridized carbons (Fsp3) is 0.680. The summed E-state index contributed by atoms with van der Waals surface area (Å²) in [7, 11) is 0. The molecule has 0 spiro atoms. The lowest BCUT2D eigenvalue weighted by Gasteiger charge is -2.28. The standard InChI is InChI=1S/C25H34F2/c1-3-5-19-10-13-21(14-11-19)22-16-24(26)23(25(27)17-22)15-12-20-8-6-18(4-2)7-9-20/h16-21H,3-11,13-14H2,1-2H3/t18-,19-,20-,21-. The number of rotatable bonds is 4. The van der Waals surface area contributed by atoms with Crippen molar-refractivity contribution in [3.05, 3.63) is 34.9 Å². The van der Waals surface area contributed by atoms with E-state index in [2.05, 4.69) is 25.7 Å². The van der Waals surface area contributed by atoms with Crippen LogP contribution >= 0.6 is 0 Å². The van der Waals surface area contributed by atoms with Gasteiger partial charge in [-0.1, -0.05) is 45.0 Å². The maximum atomic E-state index is 14.6. The highest BCUT2D eigenvalue weighted by atomic mass is 19.1. The van der Waals surface area contributed by atoms with Gasteiger partial charge in [-0.05, 0) is 86.8 Å². The molecule has 0 saturated heterocycles. The number of hydrogen-bond acceptors (Lipinski definition) is 0. The lowest BCUT2D eigenvalue weighted by Crippen LogP contribution is -2.14. The molecule has 0 heterocycles. The van der Waals surface area contributed by atoms with Gasteiger partial charge in [0.1, 0.15) is 11.6 Å². The SMILES string of the molecule is CCC[C@H]1CC[C@H](c2cc(F)c(C#C[C@H]3CC[C@H](CC)CC3)c(F)c2)CC1. The molecule has 1 aromatic carbocycles. The Hall–Kier alpha value is -1.36. The number of hydrogen-bond donors (Lipinski definition) is 0. The molecule has 0 unspecified atom stereocenters. The Morgan fingerprint density at radius 3 is 2.00 bits per heavy atom. The van der Waals surface area contributed by atoms with Crippen LogP contribution in [0.5, 0.6) is 0 Å². The van der Waals surface area contributed by atoms with Crippen molar-refractivity contribution in [2.45, 2.75) is 90.4 Å². The topological polar surface area (TPSA) is 0 Å². The van der Waals surface area contributed by atoms with E-state index in [0.717, 1.165) is 43.1 Å². The molecule has 0 bridgehead atoms. The summed E-state index contributed by atoms with van der Waals surface area (Å²) in [6.07, 6.45) is 12.7. The molecule has 0 atom stereocenters. The Morgan fingerprint density at radius 1 is 0.852 bits per heavy atom. The minimum absolute atomic E-state index is 0.0315. The van der Waals surface area contributed by atoms with Crippen LogP contribution in [0.25, 0.3) is 0 Å². The first kappa shape index (κ1) is 20.4. The van der Waals surface area contributed by atoms with Gasteiger partial charge in [0.15, 0.2) is 0 Å². The fourth-order valence-electron chi connectivity index (χ4n) is 5.03. The molecule has 2 aliphatic rings. The molecule has 0 radical (unpaired) electrons. The van der Waals surface area contributed by atoms with E-state index < -0.39 is 11.6 Å². The molecule has 2 aliphatic carbocycles. The summed E-state index contributed by atoms with van der Waals surface area (Å²) < 4.78 is 29.2. The molecule has 0 aliphatic heterocycles. The van der Waals surface area contributed by atoms with Crippen molar-refractivity contribution >= 4 is 0 Å². The summed E-state index contributed by atoms with van der Waals surface area (Å²) in [5.41, 5.74) is 0.796. The monoisotopic (exact) mass is 372 g/mol. The number of halogens is 2. The van der Waals surface area contributed by atoms with Crippen LogP contribution < -0.4 is 0 Å². The van der Waals surface area contributed by atoms with Crippen LogP contribution in [-0.4, -0.2) is 0 Å². The van der Waals surface area contributed by atoms with Crippen molar-refractivity contribution in [2.75, 3.05) is 0 Å². The molecule has 2 heteroatoms. The molecule has 0 aromatic heterocycles. The Morgan fingerprint density at radius 2 is 1.44 bits per heavy atom. The van der Waals surface area contributed by atoms with E-state index in [0.29, 0.717) is 11.8 Å². The third kappa shape index (κ3) is 5.34. The van der Waals surface area contributed by atoms with Gasteiger partial charge >= 0.3 is 0 Å². The van der Waals surface area contributed by atoms with Crippen LogP contribution in [0.2, 0.25) is 0 Å². The zero-order valence-electron chi connectivity index (χ0n) is 17.0. The minimum Gasteiger partial charge on any atom is -0.206 e. The van der Waals surface area contributed by atoms with Crippen LogP contribution in [0.4, 0.5) is 8.78 Å². The molecule has 0 N–H and O–H groups in total. The second kappa shape index (κ2) is 9.72. The zero-order chi connectivity index (χ0) is 19.2. The summed E-state index contributed by atoms with van der Waals surface area (Å²) in [5.74, 6) is 7.24. The molecular weight excluding hydrogens is 338 g/mol. The van der Waals surface area contributed by atoms with Gasteiger partial charge in [0, 0.05) is 5.92 Å². The fourth-order valence-corrected chi connectivity index (χ4v) is 5.03. The third-order valence-electron chi connectivity index (χ3n) is 6.90. The molecule has 1 aromatic rings. The van der Waals surface area contributed by atoms with Gasteiger partial charge in [0.05, 0.1) is 5.56 Å². The van der Waals surface area contributed by atoms with Gasteiger partial charge in [-0.2, -0.15) is 0 Å². The van der Waals surface area contributed by atoms with Crippen molar-refractivity contribution in [3.63, 3.8) is 0 Å². The normalized spacial score (nSPS) is 28.4. The van der Waals surface area contributed by atoms with Gasteiger partial charge in [0.2, 0.25) is 0 Å². The summed E-state index contributed by atoms with van der Waals surface area (Å²) in [6, 6.07) is 3.10. The van der Waals surface area contributed by atoms with E-state index in [4.69, 9.17) is 0 Å². The van der Waals surface area contributed by atoms with Crippen LogP contribution in [0.3, 0.4) is 0 Å². The summed E-state index contributed by atoms with van der Waals surface area (Å²) in [4.78, 5) is 0. The van der Waals surface area contributed by atoms with E-state index in [1.807, 2.05) is 0 Å². The molecule has 2 fully saturated rings. The summed E-state index contributed by atoms with van der Waals surface area (Å²) >= 11 is 0. The molecule has 2 saturated carbocycles. The average Bonchev–Trinajstić information content (AvgIpc) is 2.68. The highest BCUT2D eigenvalue weighted by Gasteiger charge is 2.24. The maximum absolute atomic E-state index is 14.6. The van der Waals surface area contributed by atoms with Crippen LogP contribution in [0.15, 0.2) is 12.1 Å². The smallest absolute Gasteiger partial charge is 0.142 e. The summed E-state index contributed by atoms with van der Waals surface area (Å²) in [6.45, 7) is 4.46. The van der Waals surface area contributed by atoms with Crippen LogP contribution in [0, 0.1) is 41.2 Å². The van der Waals surface area contributed by atoms with E-state index in [9.17, 15) is 8.78 Å². The van der Waals surface area contributed by atoms with Crippen molar-refractivity contribution in [3.8, 4) is 11.8 Å². The Kier molecular flexibility index (Phi) is 7.33. The lowest BCUT2D eigenvalue weighted by atomic mass is 9.77. The Balaban J connectivity index is 1.65. The van der Waals surface area contributed by atoms with E-state index in [1.165, 1.54) is 44.9 Å². The minimum atomic E-state index is -0.476. The van der Waals surface area contributed by atoms with Gasteiger partial charge < -0.3 is 0 Å². The Bertz CT molecular complexity index is 642. The largest absolute Gasteiger partial charge is 0.206 e. The second-order valence-electron chi connectivity index (χ2n) is 8.76. The van der Waals surface area contributed by atoms with Crippen molar-refractivity contribution in [1.29, 1.82) is 0 Å². The van der Waals surface area contributed by atoms with Crippen molar-refractivity contribution < 1.29 is 8.78 Å². The highest BCUT2D eigenvalue weighted by molar-refractivity contribution is 5.40. The van der Waals surface area contributed by atoms with Crippen molar-refractivity contribution in [1.82, 2.24) is 0 Å². The van der Waals surface area contributed by atoms with E-state index >= 15 is 0 Å². The molecule has 148 valence electrons. The predicted molar refractivity (Wildman–Crippen MR) is 109 cm³/mol. The molecular formula is C25H34F2. The molecule has 0 nitrogen and oxygen atoms in total. The predicted octanol–water partition coefficient (Wildman–Crippen LogP) is 7.61. The molecule has 27 heavy (non-hydrogen) atoms.